The fourth-order valence-electron chi connectivity index (χ4n) is 2.13. The lowest BCUT2D eigenvalue weighted by Crippen LogP contribution is -2.47. The first-order valence-corrected chi connectivity index (χ1v) is 5.57. The second-order valence-electron chi connectivity index (χ2n) is 4.49. The molecule has 1 aromatic rings. The number of hydrogen-bond donors (Lipinski definition) is 1. The number of benzene rings is 1. The van der Waals surface area contributed by atoms with E-state index in [9.17, 15) is 18.3 Å². The summed E-state index contributed by atoms with van der Waals surface area (Å²) in [4.78, 5) is 0. The molecule has 0 aliphatic heterocycles. The van der Waals surface area contributed by atoms with Crippen LogP contribution in [0, 0.1) is 0 Å². The number of aliphatic hydroxyl groups is 1. The predicted octanol–water partition coefficient (Wildman–Crippen LogP) is 3.71. The lowest BCUT2D eigenvalue weighted by Gasteiger charge is -2.35. The van der Waals surface area contributed by atoms with Gasteiger partial charge in [0, 0.05) is 12.0 Å². The third-order valence-electron chi connectivity index (χ3n) is 3.07. The van der Waals surface area contributed by atoms with Crippen LogP contribution in [0.3, 0.4) is 0 Å². The van der Waals surface area contributed by atoms with Crippen molar-refractivity contribution < 1.29 is 18.3 Å². The Morgan fingerprint density at radius 3 is 2.28 bits per heavy atom. The zero-order chi connectivity index (χ0) is 13.4. The smallest absolute Gasteiger partial charge is 0.376 e. The van der Waals surface area contributed by atoms with Crippen molar-refractivity contribution in [2.75, 3.05) is 0 Å². The van der Waals surface area contributed by atoms with Gasteiger partial charge in [-0.1, -0.05) is 48.1 Å². The summed E-state index contributed by atoms with van der Waals surface area (Å²) in [7, 11) is 0. The van der Waals surface area contributed by atoms with Gasteiger partial charge < -0.3 is 5.11 Å². The lowest BCUT2D eigenvalue weighted by molar-refractivity contribution is -0.234. The highest BCUT2D eigenvalue weighted by atomic mass is 19.4. The van der Waals surface area contributed by atoms with E-state index in [0.29, 0.717) is 11.1 Å². The molecule has 0 amide bonds. The Labute approximate surface area is 103 Å². The predicted molar refractivity (Wildman–Crippen MR) is 63.8 cm³/mol. The van der Waals surface area contributed by atoms with Crippen molar-refractivity contribution >= 4 is 5.57 Å². The molecular weight excluding hydrogens is 241 g/mol. The molecule has 96 valence electrons. The normalized spacial score (nSPS) is 24.5. The van der Waals surface area contributed by atoms with Crippen molar-refractivity contribution in [1.29, 1.82) is 0 Å². The molecule has 0 aromatic heterocycles. The van der Waals surface area contributed by atoms with Gasteiger partial charge in [0.2, 0.25) is 0 Å². The Morgan fingerprint density at radius 2 is 1.72 bits per heavy atom. The minimum absolute atomic E-state index is 0.0961. The standard InChI is InChI=1S/C14H13F3O/c1-10-7-8-12(11-5-3-2-4-6-11)13(18,9-10)14(15,16)17/h2-8,18H,9H2,1H3. The molecule has 0 fully saturated rings. The van der Waals surface area contributed by atoms with E-state index in [0.717, 1.165) is 0 Å². The van der Waals surface area contributed by atoms with Crippen molar-refractivity contribution in [1.82, 2.24) is 0 Å². The molecule has 0 heterocycles. The maximum absolute atomic E-state index is 13.1. The van der Waals surface area contributed by atoms with Crippen molar-refractivity contribution in [3.8, 4) is 0 Å². The minimum Gasteiger partial charge on any atom is -0.376 e. The molecule has 0 spiro atoms. The average molecular weight is 254 g/mol. The van der Waals surface area contributed by atoms with Gasteiger partial charge in [-0.25, -0.2) is 0 Å². The fourth-order valence-corrected chi connectivity index (χ4v) is 2.13. The van der Waals surface area contributed by atoms with Crippen LogP contribution in [0.2, 0.25) is 0 Å². The van der Waals surface area contributed by atoms with E-state index in [4.69, 9.17) is 0 Å². The van der Waals surface area contributed by atoms with Gasteiger partial charge >= 0.3 is 6.18 Å². The molecule has 18 heavy (non-hydrogen) atoms. The molecule has 4 heteroatoms. The van der Waals surface area contributed by atoms with E-state index in [1.807, 2.05) is 0 Å². The summed E-state index contributed by atoms with van der Waals surface area (Å²) in [5.74, 6) is 0. The van der Waals surface area contributed by atoms with E-state index in [2.05, 4.69) is 0 Å². The van der Waals surface area contributed by atoms with Crippen molar-refractivity contribution in [3.05, 3.63) is 53.6 Å². The second-order valence-corrected chi connectivity index (χ2v) is 4.49. The van der Waals surface area contributed by atoms with Crippen LogP contribution in [0.25, 0.3) is 5.57 Å². The summed E-state index contributed by atoms with van der Waals surface area (Å²) in [5.41, 5.74) is -2.00. The Balaban J connectivity index is 2.55. The minimum atomic E-state index is -4.69. The summed E-state index contributed by atoms with van der Waals surface area (Å²) in [5, 5.41) is 10.1. The SMILES string of the molecule is CC1=CC=C(c2ccccc2)C(O)(C(F)(F)F)C1. The van der Waals surface area contributed by atoms with Crippen LogP contribution in [-0.2, 0) is 0 Å². The van der Waals surface area contributed by atoms with Gasteiger partial charge in [-0.2, -0.15) is 13.2 Å². The maximum Gasteiger partial charge on any atom is 0.421 e. The highest BCUT2D eigenvalue weighted by molar-refractivity contribution is 5.76. The summed E-state index contributed by atoms with van der Waals surface area (Å²) < 4.78 is 39.3. The maximum atomic E-state index is 13.1. The number of allylic oxidation sites excluding steroid dienone is 2. The summed E-state index contributed by atoms with van der Waals surface area (Å²) in [6.45, 7) is 1.58. The second kappa shape index (κ2) is 4.28. The molecule has 1 unspecified atom stereocenters. The first kappa shape index (κ1) is 12.9. The van der Waals surface area contributed by atoms with Gasteiger partial charge in [-0.05, 0) is 12.5 Å². The Morgan fingerprint density at radius 1 is 1.11 bits per heavy atom. The lowest BCUT2D eigenvalue weighted by atomic mass is 9.79. The number of rotatable bonds is 1. The van der Waals surface area contributed by atoms with Crippen LogP contribution in [0.4, 0.5) is 13.2 Å². The van der Waals surface area contributed by atoms with Gasteiger partial charge in [0.05, 0.1) is 0 Å². The summed E-state index contributed by atoms with van der Waals surface area (Å²) in [6.07, 6.45) is -2.15. The molecule has 1 nitrogen and oxygen atoms in total. The van der Waals surface area contributed by atoms with Crippen molar-refractivity contribution in [3.63, 3.8) is 0 Å². The Hall–Kier alpha value is -1.55. The van der Waals surface area contributed by atoms with Crippen LogP contribution in [0.5, 0.6) is 0 Å². The molecule has 1 atom stereocenters. The molecule has 0 saturated heterocycles. The largest absolute Gasteiger partial charge is 0.421 e. The highest BCUT2D eigenvalue weighted by Gasteiger charge is 2.56. The molecule has 1 aromatic carbocycles. The summed E-state index contributed by atoms with van der Waals surface area (Å²) >= 11 is 0. The van der Waals surface area contributed by atoms with E-state index in [-0.39, 0.29) is 5.57 Å². The molecule has 1 aliphatic rings. The molecule has 2 rings (SSSR count). The number of halogens is 3. The van der Waals surface area contributed by atoms with E-state index in [1.165, 1.54) is 6.08 Å². The summed E-state index contributed by atoms with van der Waals surface area (Å²) in [6, 6.07) is 8.16. The zero-order valence-corrected chi connectivity index (χ0v) is 9.83. The molecule has 0 radical (unpaired) electrons. The van der Waals surface area contributed by atoms with E-state index in [1.54, 1.807) is 43.3 Å². The molecular formula is C14H13F3O. The average Bonchev–Trinajstić information content (AvgIpc) is 2.28. The van der Waals surface area contributed by atoms with Crippen LogP contribution in [-0.4, -0.2) is 16.9 Å². The van der Waals surface area contributed by atoms with Gasteiger partial charge in [0.1, 0.15) is 0 Å². The zero-order valence-electron chi connectivity index (χ0n) is 9.83. The topological polar surface area (TPSA) is 20.2 Å². The first-order chi connectivity index (χ1) is 8.34. The van der Waals surface area contributed by atoms with Crippen LogP contribution in [0.1, 0.15) is 18.9 Å². The Kier molecular flexibility index (Phi) is 3.07. The third kappa shape index (κ3) is 2.08. The monoisotopic (exact) mass is 254 g/mol. The van der Waals surface area contributed by atoms with Crippen molar-refractivity contribution in [2.45, 2.75) is 25.1 Å². The van der Waals surface area contributed by atoms with Gasteiger partial charge in [-0.3, -0.25) is 0 Å². The number of hydrogen-bond acceptors (Lipinski definition) is 1. The molecule has 0 saturated carbocycles. The Bertz CT molecular complexity index is 500. The fraction of sp³-hybridized carbons (Fsp3) is 0.286. The van der Waals surface area contributed by atoms with E-state index >= 15 is 0 Å². The van der Waals surface area contributed by atoms with E-state index < -0.39 is 18.2 Å². The van der Waals surface area contributed by atoms with Crippen molar-refractivity contribution in [2.24, 2.45) is 0 Å². The highest BCUT2D eigenvalue weighted by Crippen LogP contribution is 2.46. The van der Waals surface area contributed by atoms with Gasteiger partial charge in [0.15, 0.2) is 5.60 Å². The van der Waals surface area contributed by atoms with Gasteiger partial charge in [0.25, 0.3) is 0 Å². The quantitative estimate of drug-likeness (QED) is 0.810. The van der Waals surface area contributed by atoms with Crippen LogP contribution >= 0.6 is 0 Å². The third-order valence-corrected chi connectivity index (χ3v) is 3.07. The van der Waals surface area contributed by atoms with Gasteiger partial charge in [-0.15, -0.1) is 0 Å². The first-order valence-electron chi connectivity index (χ1n) is 5.57. The molecule has 1 N–H and O–H groups in total. The van der Waals surface area contributed by atoms with Crippen LogP contribution < -0.4 is 0 Å². The van der Waals surface area contributed by atoms with Crippen LogP contribution in [0.15, 0.2) is 48.1 Å². The molecule has 0 bridgehead atoms. The molecule has 1 aliphatic carbocycles. The number of alkyl halides is 3.